The fraction of sp³-hybridized carbons (Fsp3) is 0.583. The number of hydrogen-bond donors (Lipinski definition) is 0. The molecule has 0 aromatic carbocycles. The van der Waals surface area contributed by atoms with Gasteiger partial charge in [0, 0.05) is 11.6 Å². The zero-order chi connectivity index (χ0) is 17.1. The smallest absolute Gasteiger partial charge is 0.399 e. The molecule has 18 heavy (non-hydrogen) atoms. The molecule has 1 aliphatic rings. The molecule has 0 atom stereocenters. The first kappa shape index (κ1) is 8.99. The molecule has 0 N–H and O–H groups in total. The van der Waals surface area contributed by atoms with Gasteiger partial charge < -0.3 is 9.31 Å². The Morgan fingerprint density at radius 2 is 1.83 bits per heavy atom. The Balaban J connectivity index is 2.54. The molecule has 98 valence electrons. The predicted molar refractivity (Wildman–Crippen MR) is 64.9 cm³/mol. The molecule has 0 saturated carbocycles. The molecule has 2 rings (SSSR count). The molecule has 0 radical (unpaired) electrons. The first-order valence-electron chi connectivity index (χ1n) is 7.49. The second kappa shape index (κ2) is 4.28. The van der Waals surface area contributed by atoms with E-state index < -0.39 is 48.7 Å². The van der Waals surface area contributed by atoms with E-state index in [0.29, 0.717) is 0 Å². The van der Waals surface area contributed by atoms with Crippen LogP contribution in [0, 0.1) is 0 Å². The maximum absolute atomic E-state index is 13.1. The number of aromatic nitrogens is 1. The quantitative estimate of drug-likeness (QED) is 0.764. The van der Waals surface area contributed by atoms with Crippen molar-refractivity contribution in [1.29, 1.82) is 0 Å². The number of pyridine rings is 1. The van der Waals surface area contributed by atoms with E-state index in [2.05, 4.69) is 4.98 Å². The first-order chi connectivity index (χ1) is 9.78. The number of nitrogens with zero attached hydrogens (tertiary/aromatic N) is 1. The van der Waals surface area contributed by atoms with E-state index in [4.69, 9.17) is 14.8 Å². The lowest BCUT2D eigenvalue weighted by atomic mass is 9.80. The molecule has 1 aromatic rings. The van der Waals surface area contributed by atoms with Crippen molar-refractivity contribution in [3.05, 3.63) is 24.0 Å². The largest absolute Gasteiger partial charge is 0.496 e. The van der Waals surface area contributed by atoms with Gasteiger partial charge in [0.25, 0.3) is 6.40 Å². The average molecular weight is 259 g/mol. The molecule has 0 unspecified atom stereocenters. The van der Waals surface area contributed by atoms with Crippen LogP contribution in [-0.4, -0.2) is 23.3 Å². The summed E-state index contributed by atoms with van der Waals surface area (Å²) in [5, 5.41) is 0. The van der Waals surface area contributed by atoms with E-state index in [0.717, 1.165) is 0 Å². The molecule has 6 heteroatoms. The summed E-state index contributed by atoms with van der Waals surface area (Å²) in [6.45, 7) is 7.06. The third-order valence-electron chi connectivity index (χ3n) is 3.27. The van der Waals surface area contributed by atoms with Gasteiger partial charge in [-0.05, 0) is 33.7 Å². The van der Waals surface area contributed by atoms with Gasteiger partial charge in [-0.1, -0.05) is 6.04 Å². The van der Waals surface area contributed by atoms with Crippen molar-refractivity contribution >= 4 is 12.6 Å². The van der Waals surface area contributed by atoms with Crippen LogP contribution >= 0.6 is 0 Å². The van der Waals surface area contributed by atoms with Gasteiger partial charge in [0.15, 0.2) is 0 Å². The van der Waals surface area contributed by atoms with E-state index in [-0.39, 0.29) is 5.46 Å². The summed E-state index contributed by atoms with van der Waals surface area (Å²) < 4.78 is 67.4. The Morgan fingerprint density at radius 1 is 1.28 bits per heavy atom. The molecular weight excluding hydrogens is 239 g/mol. The molecule has 1 fully saturated rings. The Hall–Kier alpha value is -1.01. The summed E-state index contributed by atoms with van der Waals surface area (Å²) in [6, 6.07) is -1.54. The van der Waals surface area contributed by atoms with Crippen LogP contribution in [0.2, 0.25) is 0 Å². The molecule has 0 aliphatic carbocycles. The standard InChI is InChI=1S/C12H16BF2NO2/c1-11(2)12(3,4)18-13(17-11)8-5-6-9(10(14)15)16-7-8/h5-7,10H,1-4H3/i5D,6D,7D,10D. The van der Waals surface area contributed by atoms with Crippen LogP contribution in [0.5, 0.6) is 0 Å². The summed E-state index contributed by atoms with van der Waals surface area (Å²) >= 11 is 0. The zero-order valence-electron chi connectivity index (χ0n) is 14.6. The monoisotopic (exact) mass is 259 g/mol. The van der Waals surface area contributed by atoms with Crippen LogP contribution in [0.3, 0.4) is 0 Å². The van der Waals surface area contributed by atoms with Crippen molar-refractivity contribution in [3.63, 3.8) is 0 Å². The van der Waals surface area contributed by atoms with Crippen LogP contribution < -0.4 is 5.46 Å². The Kier molecular flexibility index (Phi) is 2.14. The van der Waals surface area contributed by atoms with Crippen molar-refractivity contribution < 1.29 is 23.6 Å². The highest BCUT2D eigenvalue weighted by Gasteiger charge is 2.51. The SMILES string of the molecule is [2H]c1nc(C([2H])(F)F)c([2H])c([2H])c1B1OC(C)(C)C(C)(C)O1. The van der Waals surface area contributed by atoms with Gasteiger partial charge >= 0.3 is 7.12 Å². The minimum absolute atomic E-state index is 0.184. The number of rotatable bonds is 2. The molecule has 1 saturated heterocycles. The van der Waals surface area contributed by atoms with Crippen LogP contribution in [0.25, 0.3) is 0 Å². The minimum Gasteiger partial charge on any atom is -0.399 e. The van der Waals surface area contributed by atoms with Gasteiger partial charge in [-0.2, -0.15) is 0 Å². The first-order valence-corrected chi connectivity index (χ1v) is 5.49. The summed E-state index contributed by atoms with van der Waals surface area (Å²) in [5.74, 6) is 0. The zero-order valence-corrected chi connectivity index (χ0v) is 10.6. The van der Waals surface area contributed by atoms with Crippen LogP contribution in [0.15, 0.2) is 18.3 Å². The predicted octanol–water partition coefficient (Wildman–Crippen LogP) is 2.32. The van der Waals surface area contributed by atoms with Crippen molar-refractivity contribution in [2.24, 2.45) is 0 Å². The molecular formula is C12H16BF2NO2. The van der Waals surface area contributed by atoms with Crippen LogP contribution in [0.1, 0.15) is 45.3 Å². The maximum Gasteiger partial charge on any atom is 0.496 e. The molecule has 0 spiro atoms. The molecule has 2 heterocycles. The second-order valence-electron chi connectivity index (χ2n) is 5.08. The van der Waals surface area contributed by atoms with E-state index in [9.17, 15) is 8.78 Å². The van der Waals surface area contributed by atoms with Gasteiger partial charge in [0.1, 0.15) is 7.06 Å². The van der Waals surface area contributed by atoms with Crippen molar-refractivity contribution in [3.8, 4) is 0 Å². The van der Waals surface area contributed by atoms with E-state index >= 15 is 0 Å². The topological polar surface area (TPSA) is 31.4 Å². The molecule has 1 aliphatic heterocycles. The summed E-state index contributed by atoms with van der Waals surface area (Å²) in [4.78, 5) is 3.31. The van der Waals surface area contributed by atoms with Gasteiger partial charge in [-0.3, -0.25) is 4.98 Å². The fourth-order valence-electron chi connectivity index (χ4n) is 1.46. The number of hydrogen-bond acceptors (Lipinski definition) is 3. The van der Waals surface area contributed by atoms with Gasteiger partial charge in [0.2, 0.25) is 0 Å². The minimum atomic E-state index is -4.14. The summed E-state index contributed by atoms with van der Waals surface area (Å²) in [7, 11) is -1.14. The normalized spacial score (nSPS) is 25.3. The summed E-state index contributed by atoms with van der Waals surface area (Å²) in [6.07, 6.45) is -4.79. The maximum atomic E-state index is 13.1. The Bertz CT molecular complexity index is 606. The summed E-state index contributed by atoms with van der Waals surface area (Å²) in [5.41, 5.74) is -2.88. The molecule has 0 amide bonds. The number of alkyl halides is 2. The van der Waals surface area contributed by atoms with Gasteiger partial charge in [-0.15, -0.1) is 0 Å². The van der Waals surface area contributed by atoms with Gasteiger partial charge in [0.05, 0.1) is 15.3 Å². The van der Waals surface area contributed by atoms with Crippen LogP contribution in [0.4, 0.5) is 8.78 Å². The molecule has 1 aromatic heterocycles. The highest BCUT2D eigenvalue weighted by Crippen LogP contribution is 2.36. The van der Waals surface area contributed by atoms with Crippen LogP contribution in [-0.2, 0) is 9.31 Å². The third-order valence-corrected chi connectivity index (χ3v) is 3.27. The Morgan fingerprint density at radius 3 is 2.33 bits per heavy atom. The molecule has 3 nitrogen and oxygen atoms in total. The third kappa shape index (κ3) is 2.27. The Labute approximate surface area is 111 Å². The van der Waals surface area contributed by atoms with E-state index in [1.807, 2.05) is 0 Å². The average Bonchev–Trinajstić information content (AvgIpc) is 2.51. The number of halogens is 2. The van der Waals surface area contributed by atoms with Gasteiger partial charge in [-0.25, -0.2) is 8.78 Å². The lowest BCUT2D eigenvalue weighted by Gasteiger charge is -2.32. The van der Waals surface area contributed by atoms with E-state index in [1.165, 1.54) is 0 Å². The van der Waals surface area contributed by atoms with Crippen molar-refractivity contribution in [2.75, 3.05) is 0 Å². The highest BCUT2D eigenvalue weighted by atomic mass is 19.3. The highest BCUT2D eigenvalue weighted by molar-refractivity contribution is 6.62. The lowest BCUT2D eigenvalue weighted by molar-refractivity contribution is 0.00578. The molecule has 0 bridgehead atoms. The van der Waals surface area contributed by atoms with Crippen molar-refractivity contribution in [1.82, 2.24) is 4.98 Å². The fourth-order valence-corrected chi connectivity index (χ4v) is 1.46. The van der Waals surface area contributed by atoms with E-state index in [1.54, 1.807) is 27.7 Å². The van der Waals surface area contributed by atoms with Crippen molar-refractivity contribution in [2.45, 2.75) is 45.3 Å². The second-order valence-corrected chi connectivity index (χ2v) is 5.08. The lowest BCUT2D eigenvalue weighted by Crippen LogP contribution is -2.41.